The molecule has 2 aromatic rings. The van der Waals surface area contributed by atoms with Gasteiger partial charge in [0, 0.05) is 9.77 Å². The van der Waals surface area contributed by atoms with Crippen molar-refractivity contribution < 1.29 is 0 Å². The fourth-order valence-electron chi connectivity index (χ4n) is 0.893. The zero-order chi connectivity index (χ0) is 7.84. The largest absolute Gasteiger partial charge is 0.384 e. The zero-order valence-electron chi connectivity index (χ0n) is 5.50. The molecule has 0 unspecified atom stereocenters. The highest BCUT2D eigenvalue weighted by Gasteiger charge is 2.01. The van der Waals surface area contributed by atoms with Crippen LogP contribution in [0.15, 0.2) is 12.3 Å². The molecule has 2 heterocycles. The first-order chi connectivity index (χ1) is 5.27. The van der Waals surface area contributed by atoms with Gasteiger partial charge < -0.3 is 5.73 Å². The first kappa shape index (κ1) is 6.84. The molecule has 11 heavy (non-hydrogen) atoms. The molecule has 2 rings (SSSR count). The number of anilines is 1. The van der Waals surface area contributed by atoms with Crippen LogP contribution in [0.25, 0.3) is 11.0 Å². The van der Waals surface area contributed by atoms with Crippen molar-refractivity contribution in [1.82, 2.24) is 15.2 Å². The second-order valence-electron chi connectivity index (χ2n) is 2.16. The van der Waals surface area contributed by atoms with Crippen LogP contribution in [0, 0.1) is 3.57 Å². The van der Waals surface area contributed by atoms with Crippen molar-refractivity contribution in [2.24, 2.45) is 0 Å². The molecule has 0 aliphatic carbocycles. The van der Waals surface area contributed by atoms with E-state index in [-0.39, 0.29) is 0 Å². The molecule has 0 radical (unpaired) electrons. The number of nitrogens with two attached hydrogens (primary N) is 1. The number of H-pyrrole nitrogens is 1. The number of aromatic amines is 1. The smallest absolute Gasteiger partial charge is 0.183 e. The molecule has 2 aromatic heterocycles. The van der Waals surface area contributed by atoms with Gasteiger partial charge in [-0.15, -0.1) is 0 Å². The topological polar surface area (TPSA) is 67.6 Å². The van der Waals surface area contributed by atoms with E-state index in [1.807, 2.05) is 6.07 Å². The molecule has 0 aliphatic heterocycles. The lowest BCUT2D eigenvalue weighted by Gasteiger charge is -1.88. The van der Waals surface area contributed by atoms with Crippen LogP contribution in [0.4, 0.5) is 5.82 Å². The van der Waals surface area contributed by atoms with Gasteiger partial charge in [0.05, 0.1) is 5.39 Å². The number of rotatable bonds is 0. The van der Waals surface area contributed by atoms with Gasteiger partial charge in [0.15, 0.2) is 5.65 Å². The minimum Gasteiger partial charge on any atom is -0.384 e. The quantitative estimate of drug-likeness (QED) is 0.698. The van der Waals surface area contributed by atoms with E-state index in [1.54, 1.807) is 6.20 Å². The molecular formula is C6H5IN4. The Kier molecular flexibility index (Phi) is 1.45. The molecule has 5 heteroatoms. The molecule has 0 spiro atoms. The van der Waals surface area contributed by atoms with Crippen molar-refractivity contribution in [3.8, 4) is 0 Å². The maximum Gasteiger partial charge on any atom is 0.183 e. The molecule has 4 nitrogen and oxygen atoms in total. The fourth-order valence-corrected chi connectivity index (χ4v) is 1.34. The van der Waals surface area contributed by atoms with Gasteiger partial charge in [0.1, 0.15) is 5.82 Å². The number of aromatic nitrogens is 3. The van der Waals surface area contributed by atoms with E-state index in [4.69, 9.17) is 5.73 Å². The zero-order valence-corrected chi connectivity index (χ0v) is 7.66. The average molecular weight is 260 g/mol. The maximum atomic E-state index is 5.58. The van der Waals surface area contributed by atoms with Crippen molar-refractivity contribution in [1.29, 1.82) is 0 Å². The number of hydrogen-bond acceptors (Lipinski definition) is 3. The Bertz CT molecular complexity index is 394. The molecule has 0 amide bonds. The molecule has 0 saturated heterocycles. The third-order valence-electron chi connectivity index (χ3n) is 1.41. The van der Waals surface area contributed by atoms with Crippen molar-refractivity contribution in [2.75, 3.05) is 5.73 Å². The first-order valence-electron chi connectivity index (χ1n) is 3.02. The summed E-state index contributed by atoms with van der Waals surface area (Å²) >= 11 is 2.18. The van der Waals surface area contributed by atoms with Crippen LogP contribution in [-0.2, 0) is 0 Å². The Hall–Kier alpha value is -0.850. The predicted octanol–water partition coefficient (Wildman–Crippen LogP) is 1.14. The van der Waals surface area contributed by atoms with Gasteiger partial charge >= 0.3 is 0 Å². The molecule has 56 valence electrons. The van der Waals surface area contributed by atoms with Crippen LogP contribution >= 0.6 is 22.6 Å². The summed E-state index contributed by atoms with van der Waals surface area (Å²) in [7, 11) is 0. The second-order valence-corrected chi connectivity index (χ2v) is 3.41. The number of pyridine rings is 1. The van der Waals surface area contributed by atoms with E-state index in [0.717, 1.165) is 8.96 Å². The molecule has 0 aliphatic rings. The standard InChI is InChI=1S/C6H5IN4/c7-3-1-4-5(8)10-11-6(4)9-2-3/h1-2H,(H3,8,9,10,11). The van der Waals surface area contributed by atoms with Gasteiger partial charge in [0.25, 0.3) is 0 Å². The average Bonchev–Trinajstić information content (AvgIpc) is 2.33. The summed E-state index contributed by atoms with van der Waals surface area (Å²) in [5, 5.41) is 7.45. The third-order valence-corrected chi connectivity index (χ3v) is 2.00. The lowest BCUT2D eigenvalue weighted by molar-refractivity contribution is 1.10. The van der Waals surface area contributed by atoms with Gasteiger partial charge in [-0.1, -0.05) is 0 Å². The van der Waals surface area contributed by atoms with Gasteiger partial charge in [-0.2, -0.15) is 5.10 Å². The second kappa shape index (κ2) is 2.33. The molecule has 0 atom stereocenters. The number of fused-ring (bicyclic) bond motifs is 1. The van der Waals surface area contributed by atoms with E-state index >= 15 is 0 Å². The monoisotopic (exact) mass is 260 g/mol. The summed E-state index contributed by atoms with van der Waals surface area (Å²) < 4.78 is 1.06. The van der Waals surface area contributed by atoms with Crippen molar-refractivity contribution in [3.63, 3.8) is 0 Å². The molecule has 0 bridgehead atoms. The summed E-state index contributed by atoms with van der Waals surface area (Å²) in [6.07, 6.45) is 1.75. The normalized spacial score (nSPS) is 10.6. The van der Waals surface area contributed by atoms with E-state index in [2.05, 4.69) is 37.8 Å². The summed E-state index contributed by atoms with van der Waals surface area (Å²) in [6.45, 7) is 0. The SMILES string of the molecule is Nc1[nH]nc2ncc(I)cc12. The molecular weight excluding hydrogens is 255 g/mol. The summed E-state index contributed by atoms with van der Waals surface area (Å²) in [4.78, 5) is 4.07. The number of halogens is 1. The van der Waals surface area contributed by atoms with Gasteiger partial charge in [-0.25, -0.2) is 4.98 Å². The maximum absolute atomic E-state index is 5.58. The minimum atomic E-state index is 0.575. The highest BCUT2D eigenvalue weighted by atomic mass is 127. The molecule has 0 fully saturated rings. The van der Waals surface area contributed by atoms with Crippen LogP contribution < -0.4 is 5.73 Å². The van der Waals surface area contributed by atoms with Crippen LogP contribution in [-0.4, -0.2) is 15.2 Å². The van der Waals surface area contributed by atoms with E-state index < -0.39 is 0 Å². The molecule has 3 N–H and O–H groups in total. The van der Waals surface area contributed by atoms with Crippen LogP contribution in [0.5, 0.6) is 0 Å². The highest BCUT2D eigenvalue weighted by Crippen LogP contribution is 2.17. The molecule has 0 saturated carbocycles. The van der Waals surface area contributed by atoms with E-state index in [9.17, 15) is 0 Å². The Balaban J connectivity index is 2.87. The fraction of sp³-hybridized carbons (Fsp3) is 0. The third kappa shape index (κ3) is 1.05. The summed E-state index contributed by atoms with van der Waals surface area (Å²) in [5.41, 5.74) is 6.25. The number of nitrogens with one attached hydrogen (secondary N) is 1. The van der Waals surface area contributed by atoms with E-state index in [0.29, 0.717) is 11.5 Å². The Morgan fingerprint density at radius 1 is 1.55 bits per heavy atom. The Morgan fingerprint density at radius 3 is 3.18 bits per heavy atom. The van der Waals surface area contributed by atoms with Crippen molar-refractivity contribution >= 4 is 39.4 Å². The number of hydrogen-bond donors (Lipinski definition) is 2. The number of nitrogen functional groups attached to an aromatic ring is 1. The van der Waals surface area contributed by atoms with E-state index in [1.165, 1.54) is 0 Å². The highest BCUT2D eigenvalue weighted by molar-refractivity contribution is 14.1. The van der Waals surface area contributed by atoms with Crippen LogP contribution in [0.3, 0.4) is 0 Å². The van der Waals surface area contributed by atoms with Gasteiger partial charge in [-0.3, -0.25) is 5.10 Å². The Labute approximate surface area is 76.3 Å². The first-order valence-corrected chi connectivity index (χ1v) is 4.10. The van der Waals surface area contributed by atoms with Crippen molar-refractivity contribution in [2.45, 2.75) is 0 Å². The predicted molar refractivity (Wildman–Crippen MR) is 51.0 cm³/mol. The van der Waals surface area contributed by atoms with Gasteiger partial charge in [-0.05, 0) is 28.7 Å². The van der Waals surface area contributed by atoms with Crippen molar-refractivity contribution in [3.05, 3.63) is 15.8 Å². The van der Waals surface area contributed by atoms with Crippen LogP contribution in [0.1, 0.15) is 0 Å². The van der Waals surface area contributed by atoms with Gasteiger partial charge in [0.2, 0.25) is 0 Å². The molecule has 0 aromatic carbocycles. The van der Waals surface area contributed by atoms with Crippen LogP contribution in [0.2, 0.25) is 0 Å². The summed E-state index contributed by atoms with van der Waals surface area (Å²) in [6, 6.07) is 1.95. The lowest BCUT2D eigenvalue weighted by Crippen LogP contribution is -1.84. The summed E-state index contributed by atoms with van der Waals surface area (Å²) in [5.74, 6) is 0.575. The number of nitrogens with zero attached hydrogens (tertiary/aromatic N) is 2. The lowest BCUT2D eigenvalue weighted by atomic mass is 10.3. The minimum absolute atomic E-state index is 0.575. The Morgan fingerprint density at radius 2 is 2.36 bits per heavy atom.